The van der Waals surface area contributed by atoms with Crippen LogP contribution in [0.2, 0.25) is 0 Å². The van der Waals surface area contributed by atoms with E-state index in [2.05, 4.69) is 20.3 Å². The summed E-state index contributed by atoms with van der Waals surface area (Å²) in [5.41, 5.74) is 2.73. The second-order valence-electron chi connectivity index (χ2n) is 5.80. The van der Waals surface area contributed by atoms with Crippen LogP contribution in [0, 0.1) is 6.92 Å². The van der Waals surface area contributed by atoms with Gasteiger partial charge in [-0.1, -0.05) is 6.07 Å². The molecule has 0 bridgehead atoms. The summed E-state index contributed by atoms with van der Waals surface area (Å²) >= 11 is 0. The molecule has 3 aromatic rings. The summed E-state index contributed by atoms with van der Waals surface area (Å²) in [5.74, 6) is 0.709. The predicted molar refractivity (Wildman–Crippen MR) is 96.3 cm³/mol. The van der Waals surface area contributed by atoms with Crippen molar-refractivity contribution in [2.24, 2.45) is 0 Å². The highest BCUT2D eigenvalue weighted by Gasteiger charge is 2.20. The number of hydrogen-bond acceptors (Lipinski definition) is 6. The summed E-state index contributed by atoms with van der Waals surface area (Å²) in [5, 5.41) is 12.6. The van der Waals surface area contributed by atoms with E-state index in [1.54, 1.807) is 41.0 Å². The lowest BCUT2D eigenvalue weighted by molar-refractivity contribution is 0.0796. The van der Waals surface area contributed by atoms with Gasteiger partial charge >= 0.3 is 0 Å². The standard InChI is InChI=1S/C18H20N6O2/c1-5-23(3)18(25)14-10-15(13-7-6-12(2)11-19-13)24(22-14)16-8-9-17(26-4)21-20-16/h6-11H,5H2,1-4H3. The van der Waals surface area contributed by atoms with E-state index in [1.807, 2.05) is 26.0 Å². The first kappa shape index (κ1) is 17.5. The van der Waals surface area contributed by atoms with Gasteiger partial charge in [0.15, 0.2) is 11.5 Å². The van der Waals surface area contributed by atoms with Gasteiger partial charge in [0.05, 0.1) is 18.5 Å². The lowest BCUT2D eigenvalue weighted by Crippen LogP contribution is -2.26. The van der Waals surface area contributed by atoms with Gasteiger partial charge in [0, 0.05) is 25.9 Å². The Morgan fingerprint density at radius 3 is 2.62 bits per heavy atom. The quantitative estimate of drug-likeness (QED) is 0.699. The number of methoxy groups -OCH3 is 1. The number of ether oxygens (including phenoxy) is 1. The molecule has 0 aliphatic heterocycles. The molecule has 0 radical (unpaired) electrons. The first-order valence-corrected chi connectivity index (χ1v) is 8.20. The molecule has 0 saturated heterocycles. The third-order valence-corrected chi connectivity index (χ3v) is 3.98. The van der Waals surface area contributed by atoms with Crippen LogP contribution in [0.15, 0.2) is 36.5 Å². The zero-order valence-corrected chi connectivity index (χ0v) is 15.2. The monoisotopic (exact) mass is 352 g/mol. The van der Waals surface area contributed by atoms with Crippen molar-refractivity contribution in [2.75, 3.05) is 20.7 Å². The van der Waals surface area contributed by atoms with E-state index < -0.39 is 0 Å². The van der Waals surface area contributed by atoms with E-state index in [9.17, 15) is 4.79 Å². The Bertz CT molecular complexity index is 902. The van der Waals surface area contributed by atoms with Crippen LogP contribution in [0.3, 0.4) is 0 Å². The molecule has 3 heterocycles. The largest absolute Gasteiger partial charge is 0.480 e. The molecule has 0 aliphatic carbocycles. The van der Waals surface area contributed by atoms with Gasteiger partial charge in [-0.2, -0.15) is 5.10 Å². The minimum atomic E-state index is -0.166. The third-order valence-electron chi connectivity index (χ3n) is 3.98. The first-order valence-electron chi connectivity index (χ1n) is 8.20. The fraction of sp³-hybridized carbons (Fsp3) is 0.278. The number of nitrogens with zero attached hydrogens (tertiary/aromatic N) is 6. The number of aromatic nitrogens is 5. The Morgan fingerprint density at radius 1 is 1.23 bits per heavy atom. The lowest BCUT2D eigenvalue weighted by Gasteiger charge is -2.11. The van der Waals surface area contributed by atoms with Gasteiger partial charge in [0.25, 0.3) is 5.91 Å². The minimum absolute atomic E-state index is 0.166. The van der Waals surface area contributed by atoms with Crippen molar-refractivity contribution in [2.45, 2.75) is 13.8 Å². The van der Waals surface area contributed by atoms with Crippen LogP contribution in [-0.4, -0.2) is 56.5 Å². The molecule has 8 nitrogen and oxygen atoms in total. The van der Waals surface area contributed by atoms with E-state index in [4.69, 9.17) is 4.74 Å². The normalized spacial score (nSPS) is 10.6. The number of pyridine rings is 1. The maximum absolute atomic E-state index is 12.5. The zero-order valence-electron chi connectivity index (χ0n) is 15.2. The fourth-order valence-corrected chi connectivity index (χ4v) is 2.34. The van der Waals surface area contributed by atoms with Crippen molar-refractivity contribution in [3.05, 3.63) is 47.8 Å². The van der Waals surface area contributed by atoms with Gasteiger partial charge in [0.2, 0.25) is 5.88 Å². The summed E-state index contributed by atoms with van der Waals surface area (Å²) < 4.78 is 6.62. The molecule has 0 saturated carbocycles. The molecule has 3 rings (SSSR count). The molecule has 0 unspecified atom stereocenters. The number of rotatable bonds is 5. The molecule has 0 N–H and O–H groups in total. The topological polar surface area (TPSA) is 86.0 Å². The third kappa shape index (κ3) is 3.39. The molecule has 0 atom stereocenters. The number of hydrogen-bond donors (Lipinski definition) is 0. The van der Waals surface area contributed by atoms with Crippen molar-refractivity contribution in [3.63, 3.8) is 0 Å². The Kier molecular flexibility index (Phi) is 4.92. The van der Waals surface area contributed by atoms with E-state index in [1.165, 1.54) is 7.11 Å². The van der Waals surface area contributed by atoms with E-state index in [0.29, 0.717) is 35.3 Å². The Hall–Kier alpha value is -3.29. The highest BCUT2D eigenvalue weighted by molar-refractivity contribution is 5.93. The highest BCUT2D eigenvalue weighted by Crippen LogP contribution is 2.22. The number of carbonyl (C=O) groups is 1. The summed E-state index contributed by atoms with van der Waals surface area (Å²) in [6, 6.07) is 8.99. The molecular formula is C18H20N6O2. The van der Waals surface area contributed by atoms with Crippen LogP contribution in [-0.2, 0) is 0 Å². The van der Waals surface area contributed by atoms with Gasteiger partial charge in [-0.05, 0) is 37.6 Å². The molecule has 134 valence electrons. The molecule has 0 fully saturated rings. The van der Waals surface area contributed by atoms with E-state index in [0.717, 1.165) is 5.56 Å². The van der Waals surface area contributed by atoms with Crippen molar-refractivity contribution in [3.8, 4) is 23.1 Å². The average molecular weight is 352 g/mol. The summed E-state index contributed by atoms with van der Waals surface area (Å²) in [7, 11) is 3.26. The maximum atomic E-state index is 12.5. The summed E-state index contributed by atoms with van der Waals surface area (Å²) in [6.45, 7) is 4.46. The Balaban J connectivity index is 2.11. The lowest BCUT2D eigenvalue weighted by atomic mass is 10.2. The fourth-order valence-electron chi connectivity index (χ4n) is 2.34. The van der Waals surface area contributed by atoms with Crippen molar-refractivity contribution >= 4 is 5.91 Å². The zero-order chi connectivity index (χ0) is 18.7. The van der Waals surface area contributed by atoms with Gasteiger partial charge in [-0.15, -0.1) is 10.2 Å². The van der Waals surface area contributed by atoms with Crippen molar-refractivity contribution in [1.82, 2.24) is 29.9 Å². The van der Waals surface area contributed by atoms with E-state index in [-0.39, 0.29) is 5.91 Å². The van der Waals surface area contributed by atoms with Crippen LogP contribution in [0.1, 0.15) is 23.0 Å². The second-order valence-corrected chi connectivity index (χ2v) is 5.80. The maximum Gasteiger partial charge on any atom is 0.274 e. The van der Waals surface area contributed by atoms with Crippen LogP contribution in [0.25, 0.3) is 17.2 Å². The SMILES string of the molecule is CCN(C)C(=O)c1cc(-c2ccc(C)cn2)n(-c2ccc(OC)nn2)n1. The Morgan fingerprint density at radius 2 is 2.04 bits per heavy atom. The predicted octanol–water partition coefficient (Wildman–Crippen LogP) is 2.13. The number of aryl methyl sites for hydroxylation is 1. The van der Waals surface area contributed by atoms with Gasteiger partial charge in [-0.3, -0.25) is 9.78 Å². The van der Waals surface area contributed by atoms with Crippen LogP contribution in [0.5, 0.6) is 5.88 Å². The number of amides is 1. The van der Waals surface area contributed by atoms with Crippen LogP contribution >= 0.6 is 0 Å². The van der Waals surface area contributed by atoms with Gasteiger partial charge < -0.3 is 9.64 Å². The van der Waals surface area contributed by atoms with Crippen molar-refractivity contribution in [1.29, 1.82) is 0 Å². The molecule has 1 amide bonds. The molecule has 0 aromatic carbocycles. The highest BCUT2D eigenvalue weighted by atomic mass is 16.5. The molecule has 0 spiro atoms. The molecule has 0 aliphatic rings. The van der Waals surface area contributed by atoms with Crippen molar-refractivity contribution < 1.29 is 9.53 Å². The molecule has 3 aromatic heterocycles. The summed E-state index contributed by atoms with van der Waals surface area (Å²) in [6.07, 6.45) is 1.77. The molecule has 8 heteroatoms. The number of carbonyl (C=O) groups excluding carboxylic acids is 1. The smallest absolute Gasteiger partial charge is 0.274 e. The van der Waals surface area contributed by atoms with Crippen LogP contribution < -0.4 is 4.74 Å². The first-order chi connectivity index (χ1) is 12.5. The minimum Gasteiger partial charge on any atom is -0.480 e. The molecular weight excluding hydrogens is 332 g/mol. The van der Waals surface area contributed by atoms with Gasteiger partial charge in [0.1, 0.15) is 0 Å². The summed E-state index contributed by atoms with van der Waals surface area (Å²) in [4.78, 5) is 18.6. The average Bonchev–Trinajstić information content (AvgIpc) is 3.12. The van der Waals surface area contributed by atoms with Crippen LogP contribution in [0.4, 0.5) is 0 Å². The van der Waals surface area contributed by atoms with E-state index >= 15 is 0 Å². The Labute approximate surface area is 151 Å². The van der Waals surface area contributed by atoms with Gasteiger partial charge in [-0.25, -0.2) is 4.68 Å². The molecule has 26 heavy (non-hydrogen) atoms. The second kappa shape index (κ2) is 7.30.